The fraction of sp³-hybridized carbons (Fsp3) is 0.222. The van der Waals surface area contributed by atoms with Gasteiger partial charge in [0.1, 0.15) is 11.6 Å². The number of rotatable bonds is 6. The number of aliphatic carboxylic acids is 1. The predicted octanol–water partition coefficient (Wildman–Crippen LogP) is 5.76. The number of urea groups is 1. The number of amides is 2. The van der Waals surface area contributed by atoms with Crippen molar-refractivity contribution in [1.82, 2.24) is 0 Å². The van der Waals surface area contributed by atoms with Gasteiger partial charge < -0.3 is 20.5 Å². The van der Waals surface area contributed by atoms with E-state index in [1.165, 1.54) is 19.2 Å². The summed E-state index contributed by atoms with van der Waals surface area (Å²) in [6, 6.07) is 15.9. The van der Waals surface area contributed by atoms with Crippen LogP contribution in [0.25, 0.3) is 11.1 Å². The quantitative estimate of drug-likeness (QED) is 0.420. The number of hydrogen-bond acceptors (Lipinski definition) is 4. The summed E-state index contributed by atoms with van der Waals surface area (Å²) in [7, 11) is 1.52. The number of halogens is 1. The van der Waals surface area contributed by atoms with Crippen molar-refractivity contribution in [2.45, 2.75) is 26.2 Å². The molecular formula is C27H25FN2O5. The molecule has 0 saturated carbocycles. The van der Waals surface area contributed by atoms with Gasteiger partial charge in [-0.15, -0.1) is 0 Å². The number of hydrogen-bond donors (Lipinski definition) is 3. The van der Waals surface area contributed by atoms with E-state index in [0.29, 0.717) is 35.4 Å². The monoisotopic (exact) mass is 476 g/mol. The second kappa shape index (κ2) is 9.58. The number of methoxy groups -OCH3 is 1. The zero-order valence-electron chi connectivity index (χ0n) is 19.4. The van der Waals surface area contributed by atoms with Crippen LogP contribution in [0.3, 0.4) is 0 Å². The van der Waals surface area contributed by atoms with Crippen LogP contribution in [-0.2, 0) is 11.2 Å². The molecule has 3 aromatic rings. The van der Waals surface area contributed by atoms with Gasteiger partial charge in [-0.3, -0.25) is 9.59 Å². The zero-order chi connectivity index (χ0) is 25.2. The number of nitrogens with one attached hydrogen (secondary N) is 2. The number of Topliss-reactive ketones (excluding diaryl/α,β-unsaturated/α-hetero) is 1. The molecule has 4 rings (SSSR count). The molecule has 0 aliphatic heterocycles. The highest BCUT2D eigenvalue weighted by molar-refractivity contribution is 6.04. The first-order chi connectivity index (χ1) is 16.7. The fourth-order valence-corrected chi connectivity index (χ4v) is 4.33. The van der Waals surface area contributed by atoms with Crippen LogP contribution >= 0.6 is 0 Å². The maximum atomic E-state index is 14.8. The highest BCUT2D eigenvalue weighted by atomic mass is 19.1. The minimum atomic E-state index is -0.998. The van der Waals surface area contributed by atoms with Crippen LogP contribution in [0.5, 0.6) is 5.75 Å². The maximum absolute atomic E-state index is 14.8. The number of anilines is 2. The molecule has 1 unspecified atom stereocenters. The van der Waals surface area contributed by atoms with E-state index in [2.05, 4.69) is 10.6 Å². The number of aryl methyl sites for hydroxylation is 1. The molecule has 3 N–H and O–H groups in total. The molecule has 1 atom stereocenters. The Labute approximate surface area is 201 Å². The van der Waals surface area contributed by atoms with Crippen LogP contribution in [-0.4, -0.2) is 30.0 Å². The molecule has 1 aliphatic carbocycles. The van der Waals surface area contributed by atoms with E-state index in [1.807, 2.05) is 6.07 Å². The number of fused-ring (bicyclic) bond motifs is 1. The summed E-state index contributed by atoms with van der Waals surface area (Å²) >= 11 is 0. The van der Waals surface area contributed by atoms with Crippen LogP contribution in [0.1, 0.15) is 35.7 Å². The number of benzene rings is 3. The van der Waals surface area contributed by atoms with Gasteiger partial charge in [0.2, 0.25) is 0 Å². The van der Waals surface area contributed by atoms with Crippen molar-refractivity contribution in [3.05, 3.63) is 77.6 Å². The van der Waals surface area contributed by atoms with E-state index in [-0.39, 0.29) is 17.9 Å². The lowest BCUT2D eigenvalue weighted by atomic mass is 9.69. The van der Waals surface area contributed by atoms with Gasteiger partial charge in [-0.25, -0.2) is 9.18 Å². The number of carbonyl (C=O) groups is 3. The maximum Gasteiger partial charge on any atom is 0.323 e. The van der Waals surface area contributed by atoms with Crippen LogP contribution in [0.2, 0.25) is 0 Å². The van der Waals surface area contributed by atoms with Crippen molar-refractivity contribution >= 4 is 29.2 Å². The summed E-state index contributed by atoms with van der Waals surface area (Å²) in [6.07, 6.45) is 0.789. The first-order valence-electron chi connectivity index (χ1n) is 11.1. The van der Waals surface area contributed by atoms with Crippen LogP contribution < -0.4 is 15.4 Å². The van der Waals surface area contributed by atoms with Gasteiger partial charge in [-0.1, -0.05) is 37.3 Å². The SMILES string of the molecule is COc1cccc(NC(=O)Nc2ccc(-c3ccc4c(c3)CCC(C)(CC(=O)O)C4=O)cc2F)c1. The summed E-state index contributed by atoms with van der Waals surface area (Å²) in [5.41, 5.74) is 2.24. The predicted molar refractivity (Wildman–Crippen MR) is 130 cm³/mol. The van der Waals surface area contributed by atoms with E-state index in [0.717, 1.165) is 11.1 Å². The first kappa shape index (κ1) is 23.9. The zero-order valence-corrected chi connectivity index (χ0v) is 19.4. The second-order valence-electron chi connectivity index (χ2n) is 8.84. The molecule has 0 heterocycles. The summed E-state index contributed by atoms with van der Waals surface area (Å²) in [4.78, 5) is 36.4. The van der Waals surface area contributed by atoms with Gasteiger partial charge in [0, 0.05) is 22.7 Å². The molecule has 180 valence electrons. The Morgan fingerprint density at radius 3 is 2.51 bits per heavy atom. The number of ether oxygens (including phenoxy) is 1. The van der Waals surface area contributed by atoms with E-state index in [9.17, 15) is 18.8 Å². The number of carboxylic acid groups (broad SMARTS) is 1. The lowest BCUT2D eigenvalue weighted by Gasteiger charge is -2.32. The van der Waals surface area contributed by atoms with Crippen molar-refractivity contribution in [3.63, 3.8) is 0 Å². The molecule has 3 aromatic carbocycles. The van der Waals surface area contributed by atoms with Crippen LogP contribution in [0.4, 0.5) is 20.6 Å². The third-order valence-electron chi connectivity index (χ3n) is 6.26. The lowest BCUT2D eigenvalue weighted by molar-refractivity contribution is -0.139. The minimum Gasteiger partial charge on any atom is -0.497 e. The Morgan fingerprint density at radius 2 is 1.80 bits per heavy atom. The average molecular weight is 477 g/mol. The second-order valence-corrected chi connectivity index (χ2v) is 8.84. The molecular weight excluding hydrogens is 451 g/mol. The van der Waals surface area contributed by atoms with Crippen molar-refractivity contribution < 1.29 is 28.6 Å². The Hall–Kier alpha value is -4.20. The standard InChI is InChI=1S/C27H25FN2O5/c1-27(15-24(31)32)11-10-18-12-16(6-8-21(18)25(27)33)17-7-9-23(22(28)13-17)30-26(34)29-19-4-3-5-20(14-19)35-2/h3-9,12-14H,10-11,15H2,1-2H3,(H,31,32)(H2,29,30,34). The minimum absolute atomic E-state index is 0.0201. The van der Waals surface area contributed by atoms with Crippen LogP contribution in [0, 0.1) is 11.2 Å². The van der Waals surface area contributed by atoms with Gasteiger partial charge in [0.05, 0.1) is 19.2 Å². The average Bonchev–Trinajstić information content (AvgIpc) is 2.82. The number of ketones is 1. The third kappa shape index (κ3) is 5.16. The van der Waals surface area contributed by atoms with Crippen molar-refractivity contribution in [1.29, 1.82) is 0 Å². The fourth-order valence-electron chi connectivity index (χ4n) is 4.33. The van der Waals surface area contributed by atoms with Crippen molar-refractivity contribution in [2.24, 2.45) is 5.41 Å². The highest BCUT2D eigenvalue weighted by Gasteiger charge is 2.40. The summed E-state index contributed by atoms with van der Waals surface area (Å²) in [5, 5.41) is 14.3. The Morgan fingerprint density at radius 1 is 1.06 bits per heavy atom. The Bertz CT molecular complexity index is 1320. The first-order valence-corrected chi connectivity index (χ1v) is 11.1. The molecule has 0 spiro atoms. The van der Waals surface area contributed by atoms with Crippen LogP contribution in [0.15, 0.2) is 60.7 Å². The molecule has 2 amide bonds. The van der Waals surface area contributed by atoms with E-state index in [4.69, 9.17) is 9.84 Å². The van der Waals surface area contributed by atoms with Crippen molar-refractivity contribution in [3.8, 4) is 16.9 Å². The Balaban J connectivity index is 1.49. The van der Waals surface area contributed by atoms with E-state index in [1.54, 1.807) is 49.4 Å². The molecule has 0 radical (unpaired) electrons. The van der Waals surface area contributed by atoms with E-state index < -0.39 is 23.2 Å². The van der Waals surface area contributed by atoms with Gasteiger partial charge in [0.15, 0.2) is 5.78 Å². The largest absolute Gasteiger partial charge is 0.497 e. The molecule has 8 heteroatoms. The molecule has 1 aliphatic rings. The Kier molecular flexibility index (Phi) is 6.55. The van der Waals surface area contributed by atoms with Gasteiger partial charge in [-0.05, 0) is 53.8 Å². The van der Waals surface area contributed by atoms with Gasteiger partial charge >= 0.3 is 12.0 Å². The lowest BCUT2D eigenvalue weighted by Crippen LogP contribution is -2.35. The van der Waals surface area contributed by atoms with E-state index >= 15 is 0 Å². The normalized spacial score (nSPS) is 16.8. The van der Waals surface area contributed by atoms with Gasteiger partial charge in [0.25, 0.3) is 0 Å². The summed E-state index contributed by atoms with van der Waals surface area (Å²) < 4.78 is 19.9. The topological polar surface area (TPSA) is 105 Å². The number of carboxylic acids is 1. The molecule has 7 nitrogen and oxygen atoms in total. The molecule has 0 bridgehead atoms. The van der Waals surface area contributed by atoms with Crippen molar-refractivity contribution in [2.75, 3.05) is 17.7 Å². The smallest absolute Gasteiger partial charge is 0.323 e. The number of carbonyl (C=O) groups excluding carboxylic acids is 2. The summed E-state index contributed by atoms with van der Waals surface area (Å²) in [6.45, 7) is 1.69. The van der Waals surface area contributed by atoms with Gasteiger partial charge in [-0.2, -0.15) is 0 Å². The molecule has 0 aromatic heterocycles. The molecule has 35 heavy (non-hydrogen) atoms. The third-order valence-corrected chi connectivity index (χ3v) is 6.26. The molecule has 0 fully saturated rings. The summed E-state index contributed by atoms with van der Waals surface area (Å²) in [5.74, 6) is -1.20. The highest BCUT2D eigenvalue weighted by Crippen LogP contribution is 2.39. The molecule has 0 saturated heterocycles.